The Bertz CT molecular complexity index is 618. The number of benzene rings is 1. The lowest BCUT2D eigenvalue weighted by atomic mass is 9.83. The monoisotopic (exact) mass is 285 g/mol. The number of fused-ring (bicyclic) bond motifs is 1. The second-order valence-corrected chi connectivity index (χ2v) is 6.73. The van der Waals surface area contributed by atoms with Crippen LogP contribution in [0.4, 0.5) is 0 Å². The Balaban J connectivity index is 1.80. The van der Waals surface area contributed by atoms with Crippen molar-refractivity contribution in [2.45, 2.75) is 52.6 Å². The minimum atomic E-state index is 0.337. The molecular weight excluding hydrogens is 262 g/mol. The van der Waals surface area contributed by atoms with Crippen molar-refractivity contribution in [1.82, 2.24) is 15.5 Å². The van der Waals surface area contributed by atoms with Gasteiger partial charge < -0.3 is 9.84 Å². The third-order valence-electron chi connectivity index (χ3n) is 4.33. The van der Waals surface area contributed by atoms with Gasteiger partial charge >= 0.3 is 0 Å². The lowest BCUT2D eigenvalue weighted by molar-refractivity contribution is 0.271. The van der Waals surface area contributed by atoms with E-state index in [1.165, 1.54) is 17.5 Å². The third kappa shape index (κ3) is 3.32. The fourth-order valence-electron chi connectivity index (χ4n) is 3.15. The summed E-state index contributed by atoms with van der Waals surface area (Å²) in [5.74, 6) is 1.35. The predicted octanol–water partition coefficient (Wildman–Crippen LogP) is 3.57. The predicted molar refractivity (Wildman–Crippen MR) is 81.8 cm³/mol. The number of rotatable bonds is 3. The summed E-state index contributed by atoms with van der Waals surface area (Å²) in [7, 11) is 0. The Kier molecular flexibility index (Phi) is 3.81. The summed E-state index contributed by atoms with van der Waals surface area (Å²) in [6.45, 7) is 7.17. The largest absolute Gasteiger partial charge is 0.340 e. The molecule has 0 aliphatic heterocycles. The molecule has 0 amide bonds. The third-order valence-corrected chi connectivity index (χ3v) is 4.33. The van der Waals surface area contributed by atoms with Crippen LogP contribution in [0.3, 0.4) is 0 Å². The second kappa shape index (κ2) is 5.60. The summed E-state index contributed by atoms with van der Waals surface area (Å²) in [5, 5.41) is 7.59. The summed E-state index contributed by atoms with van der Waals surface area (Å²) < 4.78 is 5.04. The zero-order valence-electron chi connectivity index (χ0n) is 13.0. The van der Waals surface area contributed by atoms with Crippen molar-refractivity contribution < 1.29 is 4.52 Å². The summed E-state index contributed by atoms with van der Waals surface area (Å²) in [6, 6.07) is 9.11. The van der Waals surface area contributed by atoms with Crippen molar-refractivity contribution >= 4 is 0 Å². The number of hydrogen-bond acceptors (Lipinski definition) is 4. The Hall–Kier alpha value is -1.68. The van der Waals surface area contributed by atoms with Crippen LogP contribution in [-0.4, -0.2) is 10.1 Å². The number of hydrogen-bond donors (Lipinski definition) is 1. The van der Waals surface area contributed by atoms with E-state index in [-0.39, 0.29) is 0 Å². The average Bonchev–Trinajstić information content (AvgIpc) is 2.81. The highest BCUT2D eigenvalue weighted by atomic mass is 16.5. The van der Waals surface area contributed by atoms with E-state index >= 15 is 0 Å². The molecule has 4 nitrogen and oxygen atoms in total. The van der Waals surface area contributed by atoms with E-state index in [0.29, 0.717) is 23.9 Å². The highest BCUT2D eigenvalue weighted by Gasteiger charge is 2.29. The molecule has 0 spiro atoms. The highest BCUT2D eigenvalue weighted by molar-refractivity contribution is 5.31. The van der Waals surface area contributed by atoms with Crippen molar-refractivity contribution in [2.24, 2.45) is 5.41 Å². The lowest BCUT2D eigenvalue weighted by Gasteiger charge is -2.27. The number of nitrogens with one attached hydrogen (secondary N) is 1. The standard InChI is InChI=1S/C17H23N3O/c1-12-19-16(20-21-12)11-18-15-10-17(2,3)9-8-13-6-4-5-7-14(13)15/h4-7,15,18H,8-11H2,1-3H3/t15-/m1/s1. The van der Waals surface area contributed by atoms with Crippen LogP contribution >= 0.6 is 0 Å². The first-order valence-electron chi connectivity index (χ1n) is 7.64. The highest BCUT2D eigenvalue weighted by Crippen LogP contribution is 2.39. The minimum Gasteiger partial charge on any atom is -0.340 e. The maximum absolute atomic E-state index is 5.04. The van der Waals surface area contributed by atoms with Crippen LogP contribution in [-0.2, 0) is 13.0 Å². The number of aromatic nitrogens is 2. The molecule has 2 aromatic rings. The molecule has 1 aliphatic carbocycles. The molecule has 3 rings (SSSR count). The van der Waals surface area contributed by atoms with Crippen molar-refractivity contribution in [3.8, 4) is 0 Å². The van der Waals surface area contributed by atoms with Crippen molar-refractivity contribution in [3.05, 3.63) is 47.1 Å². The molecule has 21 heavy (non-hydrogen) atoms. The van der Waals surface area contributed by atoms with E-state index in [1.54, 1.807) is 0 Å². The first-order chi connectivity index (χ1) is 10.0. The molecule has 4 heteroatoms. The van der Waals surface area contributed by atoms with Gasteiger partial charge in [-0.05, 0) is 35.8 Å². The fraction of sp³-hybridized carbons (Fsp3) is 0.529. The summed E-state index contributed by atoms with van der Waals surface area (Å²) in [6.07, 6.45) is 3.51. The molecule has 1 N–H and O–H groups in total. The molecule has 1 atom stereocenters. The van der Waals surface area contributed by atoms with Crippen molar-refractivity contribution in [1.29, 1.82) is 0 Å². The van der Waals surface area contributed by atoms with Gasteiger partial charge in [0.1, 0.15) is 0 Å². The van der Waals surface area contributed by atoms with E-state index in [2.05, 4.69) is 53.6 Å². The Morgan fingerprint density at radius 1 is 1.33 bits per heavy atom. The summed E-state index contributed by atoms with van der Waals surface area (Å²) >= 11 is 0. The first kappa shape index (κ1) is 14.3. The smallest absolute Gasteiger partial charge is 0.223 e. The Morgan fingerprint density at radius 2 is 2.14 bits per heavy atom. The minimum absolute atomic E-state index is 0.337. The number of aryl methyl sites for hydroxylation is 2. The summed E-state index contributed by atoms with van der Waals surface area (Å²) in [5.41, 5.74) is 3.22. The van der Waals surface area contributed by atoms with Crippen LogP contribution in [0.15, 0.2) is 28.8 Å². The van der Waals surface area contributed by atoms with Crippen LogP contribution in [0.25, 0.3) is 0 Å². The van der Waals surface area contributed by atoms with Gasteiger partial charge in [0.15, 0.2) is 5.82 Å². The molecule has 112 valence electrons. The zero-order chi connectivity index (χ0) is 14.9. The van der Waals surface area contributed by atoms with Gasteiger partial charge in [-0.2, -0.15) is 4.98 Å². The van der Waals surface area contributed by atoms with E-state index in [9.17, 15) is 0 Å². The zero-order valence-corrected chi connectivity index (χ0v) is 13.0. The average molecular weight is 285 g/mol. The maximum atomic E-state index is 5.04. The Morgan fingerprint density at radius 3 is 2.90 bits per heavy atom. The molecule has 1 aliphatic rings. The molecule has 0 fully saturated rings. The molecule has 1 aromatic carbocycles. The van der Waals surface area contributed by atoms with Crippen LogP contribution < -0.4 is 5.32 Å². The van der Waals surface area contributed by atoms with Gasteiger partial charge in [-0.15, -0.1) is 0 Å². The normalized spacial score (nSPS) is 20.8. The molecule has 1 aromatic heterocycles. The molecular formula is C17H23N3O. The molecule has 0 unspecified atom stereocenters. The van der Waals surface area contributed by atoms with E-state index in [4.69, 9.17) is 4.52 Å². The van der Waals surface area contributed by atoms with Gasteiger partial charge in [0.2, 0.25) is 5.89 Å². The quantitative estimate of drug-likeness (QED) is 0.876. The van der Waals surface area contributed by atoms with Gasteiger partial charge in [0.05, 0.1) is 6.54 Å². The van der Waals surface area contributed by atoms with Gasteiger partial charge in [-0.3, -0.25) is 0 Å². The fourth-order valence-corrected chi connectivity index (χ4v) is 3.15. The SMILES string of the molecule is Cc1nc(CN[C@@H]2CC(C)(C)CCc3ccccc32)no1. The Labute approximate surface area is 126 Å². The molecule has 0 saturated carbocycles. The van der Waals surface area contributed by atoms with Crippen LogP contribution in [0.2, 0.25) is 0 Å². The second-order valence-electron chi connectivity index (χ2n) is 6.73. The van der Waals surface area contributed by atoms with Gasteiger partial charge in [-0.25, -0.2) is 0 Å². The van der Waals surface area contributed by atoms with E-state index in [1.807, 2.05) is 6.92 Å². The van der Waals surface area contributed by atoms with Crippen molar-refractivity contribution in [2.75, 3.05) is 0 Å². The first-order valence-corrected chi connectivity index (χ1v) is 7.64. The lowest BCUT2D eigenvalue weighted by Crippen LogP contribution is -2.26. The van der Waals surface area contributed by atoms with Crippen LogP contribution in [0.1, 0.15) is 55.6 Å². The van der Waals surface area contributed by atoms with Crippen LogP contribution in [0, 0.1) is 12.3 Å². The molecule has 0 radical (unpaired) electrons. The topological polar surface area (TPSA) is 51.0 Å². The van der Waals surface area contributed by atoms with Gasteiger partial charge in [0, 0.05) is 13.0 Å². The van der Waals surface area contributed by atoms with Gasteiger partial charge in [0.25, 0.3) is 0 Å². The van der Waals surface area contributed by atoms with Crippen molar-refractivity contribution in [3.63, 3.8) is 0 Å². The molecule has 1 heterocycles. The summed E-state index contributed by atoms with van der Waals surface area (Å²) in [4.78, 5) is 4.27. The molecule has 0 bridgehead atoms. The maximum Gasteiger partial charge on any atom is 0.223 e. The van der Waals surface area contributed by atoms with E-state index in [0.717, 1.165) is 18.7 Å². The number of nitrogens with zero attached hydrogens (tertiary/aromatic N) is 2. The molecule has 0 saturated heterocycles. The van der Waals surface area contributed by atoms with E-state index < -0.39 is 0 Å². The van der Waals surface area contributed by atoms with Gasteiger partial charge in [-0.1, -0.05) is 43.3 Å². The van der Waals surface area contributed by atoms with Crippen LogP contribution in [0.5, 0.6) is 0 Å².